The molecule has 73 valence electrons. The second kappa shape index (κ2) is 4.43. The molecule has 0 spiro atoms. The molecule has 13 heavy (non-hydrogen) atoms. The Morgan fingerprint density at radius 1 is 1.15 bits per heavy atom. The molecule has 1 aliphatic rings. The van der Waals surface area contributed by atoms with Crippen LogP contribution in [0.3, 0.4) is 0 Å². The first-order valence-corrected chi connectivity index (χ1v) is 4.64. The topological polar surface area (TPSA) is 23.5 Å². The molecule has 0 saturated heterocycles. The third-order valence-electron chi connectivity index (χ3n) is 2.56. The molecular formula is C11H18NO. The molecule has 2 atom stereocenters. The summed E-state index contributed by atoms with van der Waals surface area (Å²) < 4.78 is 0. The molecule has 0 unspecified atom stereocenters. The summed E-state index contributed by atoms with van der Waals surface area (Å²) in [7, 11) is 4.09. The van der Waals surface area contributed by atoms with Crippen LogP contribution in [-0.4, -0.2) is 36.2 Å². The van der Waals surface area contributed by atoms with E-state index >= 15 is 0 Å². The predicted octanol–water partition coefficient (Wildman–Crippen LogP) is 1.09. The van der Waals surface area contributed by atoms with Gasteiger partial charge in [-0.15, -0.1) is 0 Å². The van der Waals surface area contributed by atoms with Crippen LogP contribution in [0.5, 0.6) is 0 Å². The molecule has 1 rings (SSSR count). The SMILES string of the molecule is C[C@@H](O)[C]1[CH][CH][CH][C]1[C@H](C)N(C)C. The molecular weight excluding hydrogens is 162 g/mol. The van der Waals surface area contributed by atoms with E-state index in [0.717, 1.165) is 5.92 Å². The molecule has 0 aromatic carbocycles. The molecule has 0 heterocycles. The normalized spacial score (nSPS) is 25.4. The zero-order valence-corrected chi connectivity index (χ0v) is 8.78. The lowest BCUT2D eigenvalue weighted by Crippen LogP contribution is -2.35. The van der Waals surface area contributed by atoms with E-state index < -0.39 is 0 Å². The molecule has 2 nitrogen and oxygen atoms in total. The maximum absolute atomic E-state index is 9.51. The number of hydrogen-bond acceptors (Lipinski definition) is 2. The highest BCUT2D eigenvalue weighted by Crippen LogP contribution is 2.38. The average molecular weight is 180 g/mol. The molecule has 0 aromatic heterocycles. The molecule has 1 saturated carbocycles. The van der Waals surface area contributed by atoms with Gasteiger partial charge >= 0.3 is 0 Å². The Hall–Kier alpha value is -0.0800. The molecule has 1 N–H and O–H groups in total. The Bertz CT molecular complexity index is 156. The molecule has 0 bridgehead atoms. The van der Waals surface area contributed by atoms with Crippen LogP contribution in [0.25, 0.3) is 0 Å². The monoisotopic (exact) mass is 180 g/mol. The van der Waals surface area contributed by atoms with E-state index in [1.165, 1.54) is 5.92 Å². The summed E-state index contributed by atoms with van der Waals surface area (Å²) in [6.07, 6.45) is 5.69. The Balaban J connectivity index is 2.57. The van der Waals surface area contributed by atoms with Crippen molar-refractivity contribution < 1.29 is 5.11 Å². The second-order valence-electron chi connectivity index (χ2n) is 3.75. The standard InChI is InChI=1S/C11H18NO/c1-8(12(3)4)10-6-5-7-11(10)9(2)13/h5-9,13H,1-4H3/t8-,9+/m0/s1. The first-order chi connectivity index (χ1) is 6.04. The Morgan fingerprint density at radius 3 is 2.15 bits per heavy atom. The van der Waals surface area contributed by atoms with Gasteiger partial charge in [-0.05, 0) is 47.2 Å². The van der Waals surface area contributed by atoms with Crippen molar-refractivity contribution in [1.82, 2.24) is 4.90 Å². The van der Waals surface area contributed by atoms with E-state index in [1.807, 2.05) is 26.9 Å². The zero-order chi connectivity index (χ0) is 10.0. The van der Waals surface area contributed by atoms with Crippen LogP contribution in [-0.2, 0) is 0 Å². The Morgan fingerprint density at radius 2 is 1.69 bits per heavy atom. The van der Waals surface area contributed by atoms with E-state index in [0.29, 0.717) is 6.04 Å². The van der Waals surface area contributed by atoms with Crippen LogP contribution in [0, 0.1) is 31.1 Å². The van der Waals surface area contributed by atoms with E-state index in [9.17, 15) is 5.11 Å². The van der Waals surface area contributed by atoms with Crippen LogP contribution >= 0.6 is 0 Å². The molecule has 5 radical (unpaired) electrons. The number of aliphatic hydroxyl groups is 1. The first kappa shape index (κ1) is 11.0. The van der Waals surface area contributed by atoms with Gasteiger partial charge < -0.3 is 10.0 Å². The fourth-order valence-corrected chi connectivity index (χ4v) is 1.49. The lowest BCUT2D eigenvalue weighted by Gasteiger charge is -2.30. The zero-order valence-electron chi connectivity index (χ0n) is 8.78. The van der Waals surface area contributed by atoms with Gasteiger partial charge in [0.15, 0.2) is 0 Å². The van der Waals surface area contributed by atoms with Crippen LogP contribution in [0.4, 0.5) is 0 Å². The van der Waals surface area contributed by atoms with Gasteiger partial charge in [0.25, 0.3) is 0 Å². The minimum absolute atomic E-state index is 0.361. The van der Waals surface area contributed by atoms with Gasteiger partial charge in [-0.25, -0.2) is 0 Å². The Labute approximate surface area is 81.9 Å². The van der Waals surface area contributed by atoms with Gasteiger partial charge in [-0.1, -0.05) is 0 Å². The van der Waals surface area contributed by atoms with Crippen LogP contribution < -0.4 is 0 Å². The maximum atomic E-state index is 9.51. The summed E-state index contributed by atoms with van der Waals surface area (Å²) in [6, 6.07) is 0.361. The number of aliphatic hydroxyl groups excluding tert-OH is 1. The first-order valence-electron chi connectivity index (χ1n) is 4.64. The third kappa shape index (κ3) is 2.44. The van der Waals surface area contributed by atoms with Gasteiger partial charge in [-0.2, -0.15) is 0 Å². The van der Waals surface area contributed by atoms with E-state index in [2.05, 4.69) is 18.2 Å². The van der Waals surface area contributed by atoms with Gasteiger partial charge in [-0.3, -0.25) is 0 Å². The summed E-state index contributed by atoms with van der Waals surface area (Å²) in [5, 5.41) is 9.51. The van der Waals surface area contributed by atoms with Crippen molar-refractivity contribution in [2.45, 2.75) is 26.0 Å². The molecule has 1 fully saturated rings. The average Bonchev–Trinajstić information content (AvgIpc) is 2.50. The van der Waals surface area contributed by atoms with Crippen LogP contribution in [0.2, 0.25) is 0 Å². The highest BCUT2D eigenvalue weighted by atomic mass is 16.3. The predicted molar refractivity (Wildman–Crippen MR) is 54.2 cm³/mol. The summed E-state index contributed by atoms with van der Waals surface area (Å²) in [5.74, 6) is 2.27. The van der Waals surface area contributed by atoms with Gasteiger partial charge in [0.1, 0.15) is 0 Å². The fourth-order valence-electron chi connectivity index (χ4n) is 1.49. The molecule has 0 aromatic rings. The van der Waals surface area contributed by atoms with Crippen molar-refractivity contribution in [2.75, 3.05) is 14.1 Å². The van der Waals surface area contributed by atoms with E-state index in [1.54, 1.807) is 6.92 Å². The van der Waals surface area contributed by atoms with Crippen molar-refractivity contribution >= 4 is 0 Å². The largest absolute Gasteiger partial charge is 0.393 e. The van der Waals surface area contributed by atoms with Crippen molar-refractivity contribution in [3.63, 3.8) is 0 Å². The summed E-state index contributed by atoms with van der Waals surface area (Å²) >= 11 is 0. The smallest absolute Gasteiger partial charge is 0.0584 e. The second-order valence-corrected chi connectivity index (χ2v) is 3.75. The van der Waals surface area contributed by atoms with E-state index in [4.69, 9.17) is 0 Å². The molecule has 0 amide bonds. The fraction of sp³-hybridized carbons (Fsp3) is 0.545. The van der Waals surface area contributed by atoms with Crippen LogP contribution in [0.1, 0.15) is 13.8 Å². The van der Waals surface area contributed by atoms with E-state index in [-0.39, 0.29) is 6.10 Å². The van der Waals surface area contributed by atoms with Crippen molar-refractivity contribution in [3.8, 4) is 0 Å². The summed E-state index contributed by atoms with van der Waals surface area (Å²) in [4.78, 5) is 2.14. The molecule has 0 aliphatic heterocycles. The Kier molecular flexibility index (Phi) is 3.74. The van der Waals surface area contributed by atoms with Crippen molar-refractivity contribution in [3.05, 3.63) is 31.1 Å². The lowest BCUT2D eigenvalue weighted by molar-refractivity contribution is 0.205. The molecule has 2 heteroatoms. The highest BCUT2D eigenvalue weighted by Gasteiger charge is 2.36. The van der Waals surface area contributed by atoms with Crippen LogP contribution in [0.15, 0.2) is 0 Å². The lowest BCUT2D eigenvalue weighted by atomic mass is 9.86. The van der Waals surface area contributed by atoms with Gasteiger partial charge in [0.2, 0.25) is 0 Å². The summed E-state index contributed by atoms with van der Waals surface area (Å²) in [5.41, 5.74) is 0. The number of nitrogens with zero attached hydrogens (tertiary/aromatic N) is 1. The number of hydrogen-bond donors (Lipinski definition) is 1. The quantitative estimate of drug-likeness (QED) is 0.703. The van der Waals surface area contributed by atoms with Crippen molar-refractivity contribution in [1.29, 1.82) is 0 Å². The number of rotatable bonds is 3. The third-order valence-corrected chi connectivity index (χ3v) is 2.56. The highest BCUT2D eigenvalue weighted by molar-refractivity contribution is 5.47. The summed E-state index contributed by atoms with van der Waals surface area (Å²) in [6.45, 7) is 3.95. The molecule has 1 aliphatic carbocycles. The minimum Gasteiger partial charge on any atom is -0.393 e. The maximum Gasteiger partial charge on any atom is 0.0584 e. The van der Waals surface area contributed by atoms with Crippen molar-refractivity contribution in [2.24, 2.45) is 0 Å². The minimum atomic E-state index is -0.368. The van der Waals surface area contributed by atoms with Gasteiger partial charge in [0.05, 0.1) is 6.10 Å². The van der Waals surface area contributed by atoms with Gasteiger partial charge in [0, 0.05) is 17.9 Å².